The van der Waals surface area contributed by atoms with E-state index in [1.54, 1.807) is 7.11 Å². The minimum atomic E-state index is 0.00324. The first-order chi connectivity index (χ1) is 8.77. The molecule has 0 atom stereocenters. The van der Waals surface area contributed by atoms with Crippen LogP contribution in [0, 0.1) is 0 Å². The maximum absolute atomic E-state index is 11.7. The summed E-state index contributed by atoms with van der Waals surface area (Å²) in [7, 11) is 1.59. The fraction of sp³-hybridized carbons (Fsp3) is 0.500. The summed E-state index contributed by atoms with van der Waals surface area (Å²) in [6, 6.07) is 7.41. The molecule has 0 aliphatic rings. The smallest absolute Gasteiger partial charge is 0.225 e. The summed E-state index contributed by atoms with van der Waals surface area (Å²) in [5, 5.41) is 6.09. The number of unbranched alkanes of at least 4 members (excludes halogenated alkanes) is 1. The van der Waals surface area contributed by atoms with E-state index in [4.69, 9.17) is 4.74 Å². The highest BCUT2D eigenvalue weighted by atomic mass is 16.5. The topological polar surface area (TPSA) is 50.4 Å². The van der Waals surface area contributed by atoms with E-state index >= 15 is 0 Å². The Bertz CT molecular complexity index is 367. The average molecular weight is 250 g/mol. The number of anilines is 1. The second-order valence-corrected chi connectivity index (χ2v) is 4.10. The largest absolute Gasteiger partial charge is 0.495 e. The van der Waals surface area contributed by atoms with E-state index in [1.165, 1.54) is 6.42 Å². The van der Waals surface area contributed by atoms with Gasteiger partial charge in [-0.05, 0) is 25.1 Å². The van der Waals surface area contributed by atoms with Gasteiger partial charge in [-0.3, -0.25) is 4.79 Å². The van der Waals surface area contributed by atoms with Crippen molar-refractivity contribution in [2.45, 2.75) is 26.2 Å². The summed E-state index contributed by atoms with van der Waals surface area (Å²) < 4.78 is 5.17. The van der Waals surface area contributed by atoms with E-state index in [-0.39, 0.29) is 5.91 Å². The summed E-state index contributed by atoms with van der Waals surface area (Å²) in [5.41, 5.74) is 0.721. The van der Waals surface area contributed by atoms with Crippen molar-refractivity contribution in [3.8, 4) is 5.75 Å². The zero-order chi connectivity index (χ0) is 13.2. The van der Waals surface area contributed by atoms with E-state index in [0.29, 0.717) is 18.7 Å². The maximum atomic E-state index is 11.7. The highest BCUT2D eigenvalue weighted by Crippen LogP contribution is 2.22. The van der Waals surface area contributed by atoms with Crippen LogP contribution < -0.4 is 15.4 Å². The number of carbonyl (C=O) groups excluding carboxylic acids is 1. The van der Waals surface area contributed by atoms with Crippen LogP contribution in [0.5, 0.6) is 5.75 Å². The van der Waals surface area contributed by atoms with E-state index in [9.17, 15) is 4.79 Å². The molecule has 0 unspecified atom stereocenters. The van der Waals surface area contributed by atoms with Gasteiger partial charge in [0.1, 0.15) is 5.75 Å². The summed E-state index contributed by atoms with van der Waals surface area (Å²) >= 11 is 0. The van der Waals surface area contributed by atoms with Crippen molar-refractivity contribution in [1.82, 2.24) is 5.32 Å². The maximum Gasteiger partial charge on any atom is 0.225 e. The van der Waals surface area contributed by atoms with Gasteiger partial charge in [0.25, 0.3) is 0 Å². The fourth-order valence-electron chi connectivity index (χ4n) is 1.59. The lowest BCUT2D eigenvalue weighted by Crippen LogP contribution is -2.22. The first-order valence-corrected chi connectivity index (χ1v) is 6.41. The molecule has 18 heavy (non-hydrogen) atoms. The number of benzene rings is 1. The Morgan fingerprint density at radius 1 is 1.28 bits per heavy atom. The van der Waals surface area contributed by atoms with Gasteiger partial charge in [0.05, 0.1) is 12.8 Å². The zero-order valence-corrected chi connectivity index (χ0v) is 11.2. The van der Waals surface area contributed by atoms with Gasteiger partial charge in [-0.25, -0.2) is 0 Å². The van der Waals surface area contributed by atoms with Crippen LogP contribution in [0.1, 0.15) is 26.2 Å². The number of amides is 1. The van der Waals surface area contributed by atoms with Crippen molar-refractivity contribution in [2.75, 3.05) is 25.5 Å². The Kier molecular flexibility index (Phi) is 6.87. The summed E-state index contributed by atoms with van der Waals surface area (Å²) in [6.07, 6.45) is 2.79. The molecule has 0 saturated carbocycles. The summed E-state index contributed by atoms with van der Waals surface area (Å²) in [4.78, 5) is 11.7. The Morgan fingerprint density at radius 3 is 2.78 bits per heavy atom. The first kappa shape index (κ1) is 14.5. The molecule has 0 spiro atoms. The molecule has 1 aromatic carbocycles. The van der Waals surface area contributed by atoms with Crippen molar-refractivity contribution in [2.24, 2.45) is 0 Å². The summed E-state index contributed by atoms with van der Waals surface area (Å²) in [5.74, 6) is 0.688. The standard InChI is InChI=1S/C14H22N2O2/c1-3-4-10-15-11-9-14(17)16-12-7-5-6-8-13(12)18-2/h5-8,15H,3-4,9-11H2,1-2H3,(H,16,17). The van der Waals surface area contributed by atoms with Crippen molar-refractivity contribution in [3.05, 3.63) is 24.3 Å². The van der Waals surface area contributed by atoms with Crippen LogP contribution in [0.15, 0.2) is 24.3 Å². The molecule has 0 bridgehead atoms. The van der Waals surface area contributed by atoms with E-state index in [0.717, 1.165) is 18.7 Å². The van der Waals surface area contributed by atoms with Crippen molar-refractivity contribution in [1.29, 1.82) is 0 Å². The van der Waals surface area contributed by atoms with Crippen molar-refractivity contribution >= 4 is 11.6 Å². The molecule has 1 aromatic rings. The lowest BCUT2D eigenvalue weighted by atomic mass is 10.2. The molecular weight excluding hydrogens is 228 g/mol. The highest BCUT2D eigenvalue weighted by Gasteiger charge is 2.05. The Labute approximate surface area is 109 Å². The molecule has 1 rings (SSSR count). The molecule has 0 radical (unpaired) electrons. The fourth-order valence-corrected chi connectivity index (χ4v) is 1.59. The van der Waals surface area contributed by atoms with Gasteiger partial charge in [-0.15, -0.1) is 0 Å². The van der Waals surface area contributed by atoms with Gasteiger partial charge < -0.3 is 15.4 Å². The molecule has 0 fully saturated rings. The molecule has 0 aromatic heterocycles. The van der Waals surface area contributed by atoms with Crippen LogP contribution in [0.3, 0.4) is 0 Å². The number of hydrogen-bond acceptors (Lipinski definition) is 3. The minimum absolute atomic E-state index is 0.00324. The van der Waals surface area contributed by atoms with Crippen LogP contribution in [0.2, 0.25) is 0 Å². The predicted molar refractivity (Wildman–Crippen MR) is 74.0 cm³/mol. The number of ether oxygens (including phenoxy) is 1. The Balaban J connectivity index is 2.31. The van der Waals surface area contributed by atoms with Gasteiger partial charge in [-0.2, -0.15) is 0 Å². The molecule has 2 N–H and O–H groups in total. The highest BCUT2D eigenvalue weighted by molar-refractivity contribution is 5.92. The predicted octanol–water partition coefficient (Wildman–Crippen LogP) is 2.41. The number of rotatable bonds is 8. The Morgan fingerprint density at radius 2 is 2.06 bits per heavy atom. The number of para-hydroxylation sites is 2. The molecule has 0 aliphatic carbocycles. The van der Waals surface area contributed by atoms with Crippen LogP contribution in [-0.2, 0) is 4.79 Å². The average Bonchev–Trinajstić information content (AvgIpc) is 2.39. The first-order valence-electron chi connectivity index (χ1n) is 6.41. The normalized spacial score (nSPS) is 10.1. The van der Waals surface area contributed by atoms with Crippen LogP contribution in [0.4, 0.5) is 5.69 Å². The van der Waals surface area contributed by atoms with Gasteiger partial charge in [0.2, 0.25) is 5.91 Å². The third kappa shape index (κ3) is 5.19. The van der Waals surface area contributed by atoms with Gasteiger partial charge in [0.15, 0.2) is 0 Å². The molecule has 1 amide bonds. The molecular formula is C14H22N2O2. The summed E-state index contributed by atoms with van der Waals surface area (Å²) in [6.45, 7) is 3.83. The second-order valence-electron chi connectivity index (χ2n) is 4.10. The molecule has 0 heterocycles. The SMILES string of the molecule is CCCCNCCC(=O)Nc1ccccc1OC. The quantitative estimate of drug-likeness (QED) is 0.697. The molecule has 4 heteroatoms. The van der Waals surface area contributed by atoms with Crippen molar-refractivity contribution in [3.63, 3.8) is 0 Å². The van der Waals surface area contributed by atoms with Gasteiger partial charge in [-0.1, -0.05) is 25.5 Å². The van der Waals surface area contributed by atoms with Crippen LogP contribution >= 0.6 is 0 Å². The van der Waals surface area contributed by atoms with E-state index in [2.05, 4.69) is 17.6 Å². The van der Waals surface area contributed by atoms with Crippen molar-refractivity contribution < 1.29 is 9.53 Å². The minimum Gasteiger partial charge on any atom is -0.495 e. The van der Waals surface area contributed by atoms with Gasteiger partial charge in [0, 0.05) is 13.0 Å². The van der Waals surface area contributed by atoms with Crippen LogP contribution in [0.25, 0.3) is 0 Å². The third-order valence-corrected chi connectivity index (χ3v) is 2.62. The number of hydrogen-bond donors (Lipinski definition) is 2. The lowest BCUT2D eigenvalue weighted by Gasteiger charge is -2.10. The number of methoxy groups -OCH3 is 1. The second kappa shape index (κ2) is 8.53. The van der Waals surface area contributed by atoms with E-state index in [1.807, 2.05) is 24.3 Å². The molecule has 0 aliphatic heterocycles. The van der Waals surface area contributed by atoms with Gasteiger partial charge >= 0.3 is 0 Å². The monoisotopic (exact) mass is 250 g/mol. The van der Waals surface area contributed by atoms with Crippen LogP contribution in [-0.4, -0.2) is 26.1 Å². The lowest BCUT2D eigenvalue weighted by molar-refractivity contribution is -0.116. The third-order valence-electron chi connectivity index (χ3n) is 2.62. The van der Waals surface area contributed by atoms with E-state index < -0.39 is 0 Å². The number of carbonyl (C=O) groups is 1. The zero-order valence-electron chi connectivity index (χ0n) is 11.2. The molecule has 0 saturated heterocycles. The number of nitrogens with one attached hydrogen (secondary N) is 2. The Hall–Kier alpha value is -1.55. The molecule has 100 valence electrons. The molecule has 4 nitrogen and oxygen atoms in total.